The van der Waals surface area contributed by atoms with Crippen molar-refractivity contribution in [1.29, 1.82) is 0 Å². The van der Waals surface area contributed by atoms with Crippen molar-refractivity contribution >= 4 is 10.1 Å². The Morgan fingerprint density at radius 2 is 1.14 bits per heavy atom. The molecule has 0 aromatic heterocycles. The molecule has 5 nitrogen and oxygen atoms in total. The van der Waals surface area contributed by atoms with Crippen LogP contribution in [0.5, 0.6) is 0 Å². The molecule has 0 aliphatic carbocycles. The van der Waals surface area contributed by atoms with Gasteiger partial charge in [0.1, 0.15) is 10.1 Å². The Morgan fingerprint density at radius 1 is 0.724 bits per heavy atom. The summed E-state index contributed by atoms with van der Waals surface area (Å²) in [5, 5.41) is 9.35. The second-order valence-corrected chi connectivity index (χ2v) is 9.34. The molecule has 170 valence electrons. The number of aliphatic hydroxyl groups excluding tert-OH is 1. The van der Waals surface area contributed by atoms with E-state index in [0.717, 1.165) is 36.0 Å². The Labute approximate surface area is 178 Å². The maximum atomic E-state index is 12.0. The van der Waals surface area contributed by atoms with Crippen molar-refractivity contribution in [2.75, 3.05) is 6.61 Å². The quantitative estimate of drug-likeness (QED) is 0.283. The van der Waals surface area contributed by atoms with E-state index in [0.29, 0.717) is 17.5 Å². The lowest BCUT2D eigenvalue weighted by molar-refractivity contribution is 0.298. The Balaban J connectivity index is 0.00000784. The first kappa shape index (κ1) is 28.1. The summed E-state index contributed by atoms with van der Waals surface area (Å²) in [7, 11) is -4.57. The molecule has 0 heterocycles. The zero-order chi connectivity index (χ0) is 21.2. The van der Waals surface area contributed by atoms with Crippen LogP contribution in [-0.2, 0) is 23.0 Å². The summed E-state index contributed by atoms with van der Waals surface area (Å²) in [6.45, 7) is 7.78. The standard InChI is InChI=1S/C23H40O4S.H3N/c1-5-6-7-8-9-10-11-12-13-14-15-21-19(3)18(2)20(4)22(16-17-24)23(21)28(25,26)27;/h24H,5-17H2,1-4H3,(H,25,26,27);1H3. The van der Waals surface area contributed by atoms with Crippen molar-refractivity contribution in [3.8, 4) is 0 Å². The molecule has 0 saturated heterocycles. The molecule has 0 radical (unpaired) electrons. The van der Waals surface area contributed by atoms with Gasteiger partial charge in [-0.2, -0.15) is 0 Å². The summed E-state index contributed by atoms with van der Waals surface area (Å²) < 4.78 is 36.0. The normalized spacial score (nSPS) is 11.5. The van der Waals surface area contributed by atoms with Gasteiger partial charge in [0.05, 0.1) is 4.90 Å². The van der Waals surface area contributed by atoms with E-state index >= 15 is 0 Å². The van der Waals surface area contributed by atoms with Crippen LogP contribution in [0.15, 0.2) is 4.90 Å². The van der Waals surface area contributed by atoms with E-state index in [9.17, 15) is 18.1 Å². The lowest BCUT2D eigenvalue weighted by Gasteiger charge is -2.24. The molecule has 1 aromatic rings. The van der Waals surface area contributed by atoms with Crippen molar-refractivity contribution in [2.24, 2.45) is 0 Å². The van der Waals surface area contributed by atoms with Crippen LogP contribution >= 0.6 is 0 Å². The minimum Gasteiger partial charge on any atom is -0.744 e. The van der Waals surface area contributed by atoms with Crippen LogP contribution in [0.4, 0.5) is 0 Å². The molecule has 0 amide bonds. The lowest BCUT2D eigenvalue weighted by Crippen LogP contribution is -2.14. The van der Waals surface area contributed by atoms with E-state index in [1.165, 1.54) is 44.9 Å². The highest BCUT2D eigenvalue weighted by atomic mass is 32.2. The Morgan fingerprint density at radius 3 is 1.55 bits per heavy atom. The predicted molar refractivity (Wildman–Crippen MR) is 121 cm³/mol. The summed E-state index contributed by atoms with van der Waals surface area (Å²) in [6.07, 6.45) is 13.0. The number of quaternary nitrogens is 1. The first-order valence-electron chi connectivity index (χ1n) is 10.9. The van der Waals surface area contributed by atoms with Crippen molar-refractivity contribution in [3.05, 3.63) is 27.8 Å². The molecule has 0 saturated carbocycles. The Bertz CT molecular complexity index is 714. The molecule has 0 aliphatic rings. The van der Waals surface area contributed by atoms with Crippen LogP contribution in [0, 0.1) is 20.8 Å². The largest absolute Gasteiger partial charge is 0.744 e. The number of aliphatic hydroxyl groups is 1. The predicted octanol–water partition coefficient (Wildman–Crippen LogP) is 5.89. The van der Waals surface area contributed by atoms with Gasteiger partial charge >= 0.3 is 0 Å². The molecule has 6 heteroatoms. The van der Waals surface area contributed by atoms with Gasteiger partial charge < -0.3 is 15.8 Å². The van der Waals surface area contributed by atoms with Crippen molar-refractivity contribution < 1.29 is 18.1 Å². The van der Waals surface area contributed by atoms with Crippen LogP contribution in [0.1, 0.15) is 98.9 Å². The third-order valence-corrected chi connectivity index (χ3v) is 6.96. The molecule has 1 aromatic carbocycles. The Kier molecular flexibility index (Phi) is 13.7. The third kappa shape index (κ3) is 8.75. The maximum absolute atomic E-state index is 12.0. The number of unbranched alkanes of at least 4 members (excludes halogenated alkanes) is 9. The lowest BCUT2D eigenvalue weighted by atomic mass is 9.90. The minimum atomic E-state index is -4.57. The van der Waals surface area contributed by atoms with Crippen LogP contribution in [-0.4, -0.2) is 24.7 Å². The average Bonchev–Trinajstić information content (AvgIpc) is 2.63. The van der Waals surface area contributed by atoms with Gasteiger partial charge in [0.15, 0.2) is 0 Å². The molecular formula is C23H43NO4S. The van der Waals surface area contributed by atoms with Gasteiger partial charge in [0, 0.05) is 6.61 Å². The maximum Gasteiger partial charge on any atom is 0.124 e. The van der Waals surface area contributed by atoms with Gasteiger partial charge in [0.2, 0.25) is 0 Å². The van der Waals surface area contributed by atoms with Gasteiger partial charge in [-0.15, -0.1) is 0 Å². The van der Waals surface area contributed by atoms with E-state index in [-0.39, 0.29) is 24.1 Å². The molecular weight excluding hydrogens is 386 g/mol. The van der Waals surface area contributed by atoms with Gasteiger partial charge in [-0.1, -0.05) is 64.7 Å². The zero-order valence-electron chi connectivity index (χ0n) is 19.3. The highest BCUT2D eigenvalue weighted by Crippen LogP contribution is 2.32. The minimum absolute atomic E-state index is 0. The molecule has 5 N–H and O–H groups in total. The monoisotopic (exact) mass is 429 g/mol. The fraction of sp³-hybridized carbons (Fsp3) is 0.739. The molecule has 0 unspecified atom stereocenters. The van der Waals surface area contributed by atoms with Crippen LogP contribution < -0.4 is 6.15 Å². The topological polar surface area (TPSA) is 114 Å². The van der Waals surface area contributed by atoms with E-state index in [2.05, 4.69) is 6.92 Å². The molecule has 0 atom stereocenters. The van der Waals surface area contributed by atoms with E-state index < -0.39 is 10.1 Å². The molecule has 1 rings (SSSR count). The van der Waals surface area contributed by atoms with Crippen LogP contribution in [0.25, 0.3) is 0 Å². The van der Waals surface area contributed by atoms with E-state index in [1.807, 2.05) is 20.8 Å². The van der Waals surface area contributed by atoms with E-state index in [4.69, 9.17) is 0 Å². The summed E-state index contributed by atoms with van der Waals surface area (Å²) in [4.78, 5) is -0.0712. The van der Waals surface area contributed by atoms with Crippen LogP contribution in [0.3, 0.4) is 0 Å². The number of rotatable bonds is 14. The number of hydrogen-bond acceptors (Lipinski definition) is 4. The van der Waals surface area contributed by atoms with Gasteiger partial charge in [-0.05, 0) is 67.9 Å². The SMILES string of the molecule is CCCCCCCCCCCCc1c(C)c(C)c(C)c(CCO)c1S(=O)(=O)[O-].[NH4+]. The summed E-state index contributed by atoms with van der Waals surface area (Å²) in [6, 6.07) is 0. The summed E-state index contributed by atoms with van der Waals surface area (Å²) >= 11 is 0. The molecule has 0 bridgehead atoms. The molecule has 0 spiro atoms. The van der Waals surface area contributed by atoms with Gasteiger partial charge in [-0.25, -0.2) is 8.42 Å². The fourth-order valence-electron chi connectivity index (χ4n) is 4.06. The van der Waals surface area contributed by atoms with Crippen LogP contribution in [0.2, 0.25) is 0 Å². The van der Waals surface area contributed by atoms with Crippen molar-refractivity contribution in [3.63, 3.8) is 0 Å². The summed E-state index contributed by atoms with van der Waals surface area (Å²) in [5.74, 6) is 0. The van der Waals surface area contributed by atoms with Gasteiger partial charge in [-0.3, -0.25) is 0 Å². The molecule has 0 fully saturated rings. The van der Waals surface area contributed by atoms with Gasteiger partial charge in [0.25, 0.3) is 0 Å². The first-order valence-corrected chi connectivity index (χ1v) is 12.3. The smallest absolute Gasteiger partial charge is 0.124 e. The highest BCUT2D eigenvalue weighted by Gasteiger charge is 2.21. The zero-order valence-corrected chi connectivity index (χ0v) is 20.1. The second kappa shape index (κ2) is 14.1. The number of hydrogen-bond donors (Lipinski definition) is 2. The van der Waals surface area contributed by atoms with Crippen molar-refractivity contribution in [2.45, 2.75) is 110 Å². The second-order valence-electron chi connectivity index (χ2n) is 8.02. The number of benzene rings is 1. The fourth-order valence-corrected chi connectivity index (χ4v) is 5.18. The molecule has 29 heavy (non-hydrogen) atoms. The highest BCUT2D eigenvalue weighted by molar-refractivity contribution is 7.85. The average molecular weight is 430 g/mol. The summed E-state index contributed by atoms with van der Waals surface area (Å²) in [5.41, 5.74) is 3.92. The van der Waals surface area contributed by atoms with E-state index in [1.54, 1.807) is 0 Å². The third-order valence-electron chi connectivity index (χ3n) is 5.97. The first-order chi connectivity index (χ1) is 13.3. The molecule has 0 aliphatic heterocycles. The Hall–Kier alpha value is -0.950. The van der Waals surface area contributed by atoms with Crippen molar-refractivity contribution in [1.82, 2.24) is 6.15 Å².